The van der Waals surface area contributed by atoms with Crippen LogP contribution in [0.2, 0.25) is 0 Å². The molecule has 0 aromatic heterocycles. The van der Waals surface area contributed by atoms with Gasteiger partial charge in [0.2, 0.25) is 0 Å². The molecule has 0 bridgehead atoms. The topological polar surface area (TPSA) is 29.1 Å². The number of nitrogens with one attached hydrogen (secondary N) is 1. The fourth-order valence-corrected chi connectivity index (χ4v) is 1.46. The van der Waals surface area contributed by atoms with Crippen molar-refractivity contribution in [2.75, 3.05) is 0 Å². The highest BCUT2D eigenvalue weighted by Crippen LogP contribution is 2.22. The molecule has 10 heavy (non-hydrogen) atoms. The second-order valence-corrected chi connectivity index (χ2v) is 2.80. The van der Waals surface area contributed by atoms with E-state index in [4.69, 9.17) is 0 Å². The molecule has 1 saturated carbocycles. The van der Waals surface area contributed by atoms with Crippen LogP contribution >= 0.6 is 0 Å². The molecule has 0 saturated heterocycles. The van der Waals surface area contributed by atoms with E-state index in [9.17, 15) is 9.28 Å². The van der Waals surface area contributed by atoms with Crippen molar-refractivity contribution in [1.29, 1.82) is 0 Å². The summed E-state index contributed by atoms with van der Waals surface area (Å²) >= 11 is 0. The Bertz CT molecular complexity index is 118. The summed E-state index contributed by atoms with van der Waals surface area (Å²) in [5.74, 6) is -0.0984. The Hall–Kier alpha value is -0.440. The molecule has 0 heterocycles. The first-order valence-corrected chi connectivity index (χ1v) is 3.70. The van der Waals surface area contributed by atoms with Crippen molar-refractivity contribution in [3.05, 3.63) is 0 Å². The highest BCUT2D eigenvalue weighted by molar-refractivity contribution is 5.54. The number of rotatable bonds is 2. The normalized spacial score (nSPS) is 33.7. The van der Waals surface area contributed by atoms with Gasteiger partial charge in [0.05, 0.1) is 0 Å². The third-order valence-corrected chi connectivity index (χ3v) is 2.13. The first kappa shape index (κ1) is 7.66. The summed E-state index contributed by atoms with van der Waals surface area (Å²) in [7, 11) is 0. The zero-order chi connectivity index (χ0) is 7.40. The Labute approximate surface area is 59.7 Å². The molecular formula is C7H12FNO. The van der Waals surface area contributed by atoms with Crippen LogP contribution in [0, 0.1) is 5.92 Å². The number of hydrogen-bond donors (Lipinski definition) is 1. The van der Waals surface area contributed by atoms with Gasteiger partial charge >= 0.3 is 0 Å². The Morgan fingerprint density at radius 1 is 1.40 bits per heavy atom. The Kier molecular flexibility index (Phi) is 2.81. The van der Waals surface area contributed by atoms with E-state index in [1.807, 2.05) is 0 Å². The van der Waals surface area contributed by atoms with E-state index in [1.54, 1.807) is 5.54 Å². The Balaban J connectivity index is 2.41. The van der Waals surface area contributed by atoms with Gasteiger partial charge in [-0.05, 0) is 12.8 Å². The zero-order valence-electron chi connectivity index (χ0n) is 5.85. The van der Waals surface area contributed by atoms with Gasteiger partial charge in [0, 0.05) is 12.0 Å². The predicted octanol–water partition coefficient (Wildman–Crippen LogP) is 1.22. The van der Waals surface area contributed by atoms with E-state index >= 15 is 0 Å². The second-order valence-electron chi connectivity index (χ2n) is 2.80. The summed E-state index contributed by atoms with van der Waals surface area (Å²) in [4.78, 5) is 10.3. The lowest BCUT2D eigenvalue weighted by atomic mass is 9.86. The summed E-state index contributed by atoms with van der Waals surface area (Å²) in [5, 5.41) is 0. The minimum absolute atomic E-state index is 0.0984. The number of carbonyl (C=O) groups excluding carboxylic acids is 1. The molecule has 3 heteroatoms. The van der Waals surface area contributed by atoms with Crippen LogP contribution in [-0.4, -0.2) is 12.3 Å². The van der Waals surface area contributed by atoms with E-state index in [0.717, 1.165) is 32.0 Å². The van der Waals surface area contributed by atoms with Gasteiger partial charge in [0.1, 0.15) is 6.29 Å². The van der Waals surface area contributed by atoms with Gasteiger partial charge in [-0.1, -0.05) is 12.8 Å². The maximum absolute atomic E-state index is 11.9. The smallest absolute Gasteiger partial charge is 0.124 e. The molecule has 0 spiro atoms. The largest absolute Gasteiger partial charge is 0.303 e. The van der Waals surface area contributed by atoms with Crippen molar-refractivity contribution in [3.8, 4) is 0 Å². The lowest BCUT2D eigenvalue weighted by molar-refractivity contribution is -0.113. The maximum atomic E-state index is 11.9. The molecule has 1 rings (SSSR count). The standard InChI is InChI=1S/C7H12FNO/c8-9-7-4-2-1-3-6(7)5-10/h5-7,9H,1-4H2. The molecule has 2 atom stereocenters. The lowest BCUT2D eigenvalue weighted by Gasteiger charge is -2.24. The predicted molar refractivity (Wildman–Crippen MR) is 36.1 cm³/mol. The van der Waals surface area contributed by atoms with Crippen LogP contribution in [0.3, 0.4) is 0 Å². The van der Waals surface area contributed by atoms with Crippen LogP contribution in [0.15, 0.2) is 0 Å². The van der Waals surface area contributed by atoms with Crippen molar-refractivity contribution in [1.82, 2.24) is 5.54 Å². The molecule has 1 N–H and O–H groups in total. The minimum Gasteiger partial charge on any atom is -0.303 e. The van der Waals surface area contributed by atoms with Crippen molar-refractivity contribution < 1.29 is 9.28 Å². The van der Waals surface area contributed by atoms with Crippen molar-refractivity contribution in [2.24, 2.45) is 5.92 Å². The van der Waals surface area contributed by atoms with Gasteiger partial charge in [0.25, 0.3) is 0 Å². The highest BCUT2D eigenvalue weighted by Gasteiger charge is 2.23. The summed E-state index contributed by atoms with van der Waals surface area (Å²) in [6, 6.07) is -0.216. The van der Waals surface area contributed by atoms with Crippen molar-refractivity contribution in [2.45, 2.75) is 31.7 Å². The average molecular weight is 145 g/mol. The second kappa shape index (κ2) is 3.66. The monoisotopic (exact) mass is 145 g/mol. The zero-order valence-corrected chi connectivity index (χ0v) is 5.85. The molecule has 0 aromatic carbocycles. The highest BCUT2D eigenvalue weighted by atomic mass is 19.2. The number of halogens is 1. The molecule has 1 fully saturated rings. The third kappa shape index (κ3) is 1.53. The Morgan fingerprint density at radius 3 is 2.60 bits per heavy atom. The minimum atomic E-state index is -0.216. The van der Waals surface area contributed by atoms with Gasteiger partial charge in [-0.3, -0.25) is 0 Å². The lowest BCUT2D eigenvalue weighted by Crippen LogP contribution is -2.34. The summed E-state index contributed by atoms with van der Waals surface area (Å²) in [5.41, 5.74) is 1.67. The van der Waals surface area contributed by atoms with E-state index in [2.05, 4.69) is 0 Å². The first-order valence-electron chi connectivity index (χ1n) is 3.70. The van der Waals surface area contributed by atoms with Crippen LogP contribution in [0.25, 0.3) is 0 Å². The number of hydrogen-bond acceptors (Lipinski definition) is 2. The summed E-state index contributed by atoms with van der Waals surface area (Å²) < 4.78 is 11.9. The van der Waals surface area contributed by atoms with Crippen LogP contribution in [0.5, 0.6) is 0 Å². The van der Waals surface area contributed by atoms with Gasteiger partial charge in [0.15, 0.2) is 0 Å². The number of aldehydes is 1. The van der Waals surface area contributed by atoms with Gasteiger partial charge in [-0.15, -0.1) is 4.48 Å². The average Bonchev–Trinajstić information content (AvgIpc) is 2.04. The quantitative estimate of drug-likeness (QED) is 0.467. The molecule has 2 nitrogen and oxygen atoms in total. The Morgan fingerprint density at radius 2 is 2.10 bits per heavy atom. The third-order valence-electron chi connectivity index (χ3n) is 2.13. The van der Waals surface area contributed by atoms with Gasteiger partial charge < -0.3 is 4.79 Å². The van der Waals surface area contributed by atoms with Gasteiger partial charge in [-0.25, -0.2) is 0 Å². The maximum Gasteiger partial charge on any atom is 0.124 e. The van der Waals surface area contributed by atoms with Crippen LogP contribution in [0.4, 0.5) is 4.48 Å². The first-order chi connectivity index (χ1) is 4.88. The molecular weight excluding hydrogens is 133 g/mol. The molecule has 58 valence electrons. The van der Waals surface area contributed by atoms with E-state index < -0.39 is 0 Å². The van der Waals surface area contributed by atoms with Crippen LogP contribution in [-0.2, 0) is 4.79 Å². The molecule has 1 aliphatic rings. The van der Waals surface area contributed by atoms with Crippen LogP contribution < -0.4 is 5.54 Å². The van der Waals surface area contributed by atoms with E-state index in [1.165, 1.54) is 0 Å². The molecule has 0 radical (unpaired) electrons. The SMILES string of the molecule is O=CC1CCCCC1NF. The molecule has 1 aliphatic carbocycles. The van der Waals surface area contributed by atoms with Crippen LogP contribution in [0.1, 0.15) is 25.7 Å². The van der Waals surface area contributed by atoms with E-state index in [0.29, 0.717) is 0 Å². The van der Waals surface area contributed by atoms with Crippen molar-refractivity contribution >= 4 is 6.29 Å². The molecule has 2 unspecified atom stereocenters. The fraction of sp³-hybridized carbons (Fsp3) is 0.857. The van der Waals surface area contributed by atoms with E-state index in [-0.39, 0.29) is 12.0 Å². The molecule has 0 aliphatic heterocycles. The molecule has 0 amide bonds. The number of carbonyl (C=O) groups is 1. The summed E-state index contributed by atoms with van der Waals surface area (Å²) in [6.07, 6.45) is 4.58. The van der Waals surface area contributed by atoms with Crippen molar-refractivity contribution in [3.63, 3.8) is 0 Å². The van der Waals surface area contributed by atoms with Gasteiger partial charge in [-0.2, -0.15) is 5.54 Å². The summed E-state index contributed by atoms with van der Waals surface area (Å²) in [6.45, 7) is 0. The fourth-order valence-electron chi connectivity index (χ4n) is 1.46. The molecule has 0 aromatic rings.